The number of halogens is 3. The van der Waals surface area contributed by atoms with Crippen molar-refractivity contribution in [3.8, 4) is 11.8 Å². The molecular formula is C14H16F3NO2. The van der Waals surface area contributed by atoms with Crippen LogP contribution in [0.3, 0.4) is 0 Å². The lowest BCUT2D eigenvalue weighted by molar-refractivity contribution is -0.137. The van der Waals surface area contributed by atoms with Gasteiger partial charge in [0.25, 0.3) is 0 Å². The standard InChI is InChI=1S/C14H16F3NO2/c1-10(2)9-19-5-6-20-12-3-4-13(14(15,16)17)11(7-12)8-18/h3-4,7,10H,5-6,9H2,1-2H3. The number of benzene rings is 1. The number of alkyl halides is 3. The molecule has 0 aliphatic heterocycles. The van der Waals surface area contributed by atoms with Crippen molar-refractivity contribution >= 4 is 0 Å². The summed E-state index contributed by atoms with van der Waals surface area (Å²) in [6, 6.07) is 4.67. The van der Waals surface area contributed by atoms with Crippen molar-refractivity contribution in [3.63, 3.8) is 0 Å². The number of hydrogen-bond acceptors (Lipinski definition) is 3. The molecule has 1 rings (SSSR count). The summed E-state index contributed by atoms with van der Waals surface area (Å²) >= 11 is 0. The van der Waals surface area contributed by atoms with Gasteiger partial charge in [-0.25, -0.2) is 0 Å². The van der Waals surface area contributed by atoms with Gasteiger partial charge in [0.05, 0.1) is 23.8 Å². The zero-order valence-corrected chi connectivity index (χ0v) is 11.3. The SMILES string of the molecule is CC(C)COCCOc1ccc(C(F)(F)F)c(C#N)c1. The molecule has 20 heavy (non-hydrogen) atoms. The topological polar surface area (TPSA) is 42.2 Å². The maximum atomic E-state index is 12.6. The lowest BCUT2D eigenvalue weighted by Crippen LogP contribution is -2.11. The van der Waals surface area contributed by atoms with Crippen LogP contribution >= 0.6 is 0 Å². The molecule has 0 atom stereocenters. The predicted molar refractivity (Wildman–Crippen MR) is 67.3 cm³/mol. The average molecular weight is 287 g/mol. The van der Waals surface area contributed by atoms with Crippen LogP contribution < -0.4 is 4.74 Å². The van der Waals surface area contributed by atoms with Crippen LogP contribution in [0.4, 0.5) is 13.2 Å². The molecule has 1 aromatic rings. The molecule has 0 radical (unpaired) electrons. The Hall–Kier alpha value is -1.74. The van der Waals surface area contributed by atoms with Crippen molar-refractivity contribution in [2.24, 2.45) is 5.92 Å². The van der Waals surface area contributed by atoms with E-state index < -0.39 is 17.3 Å². The van der Waals surface area contributed by atoms with Gasteiger partial charge in [-0.3, -0.25) is 0 Å². The molecule has 0 aromatic heterocycles. The van der Waals surface area contributed by atoms with Gasteiger partial charge in [-0.1, -0.05) is 13.8 Å². The summed E-state index contributed by atoms with van der Waals surface area (Å²) in [5, 5.41) is 8.75. The summed E-state index contributed by atoms with van der Waals surface area (Å²) < 4.78 is 48.3. The minimum absolute atomic E-state index is 0.225. The lowest BCUT2D eigenvalue weighted by Gasteiger charge is -2.11. The maximum absolute atomic E-state index is 12.6. The molecule has 0 saturated carbocycles. The number of ether oxygens (including phenoxy) is 2. The highest BCUT2D eigenvalue weighted by atomic mass is 19.4. The summed E-state index contributed by atoms with van der Waals surface area (Å²) in [7, 11) is 0. The van der Waals surface area contributed by atoms with Crippen molar-refractivity contribution in [2.45, 2.75) is 20.0 Å². The number of rotatable bonds is 6. The van der Waals surface area contributed by atoms with Gasteiger partial charge in [0.2, 0.25) is 0 Å². The molecule has 0 bridgehead atoms. The van der Waals surface area contributed by atoms with Gasteiger partial charge in [-0.05, 0) is 24.1 Å². The lowest BCUT2D eigenvalue weighted by atomic mass is 10.1. The fourth-order valence-electron chi connectivity index (χ4n) is 1.49. The van der Waals surface area contributed by atoms with Gasteiger partial charge >= 0.3 is 6.18 Å². The molecule has 0 aliphatic rings. The molecule has 0 spiro atoms. The van der Waals surface area contributed by atoms with E-state index in [2.05, 4.69) is 0 Å². The largest absolute Gasteiger partial charge is 0.491 e. The monoisotopic (exact) mass is 287 g/mol. The van der Waals surface area contributed by atoms with Gasteiger partial charge in [0, 0.05) is 6.61 Å². The number of nitriles is 1. The molecule has 110 valence electrons. The van der Waals surface area contributed by atoms with E-state index in [1.54, 1.807) is 0 Å². The minimum atomic E-state index is -4.54. The first kappa shape index (κ1) is 16.3. The molecule has 0 aliphatic carbocycles. The van der Waals surface area contributed by atoms with Crippen LogP contribution in [0.15, 0.2) is 18.2 Å². The molecule has 0 saturated heterocycles. The fraction of sp³-hybridized carbons (Fsp3) is 0.500. The third-order valence-electron chi connectivity index (χ3n) is 2.36. The Morgan fingerprint density at radius 2 is 1.95 bits per heavy atom. The quantitative estimate of drug-likeness (QED) is 0.750. The third kappa shape index (κ3) is 5.10. The predicted octanol–water partition coefficient (Wildman–Crippen LogP) is 3.63. The highest BCUT2D eigenvalue weighted by Gasteiger charge is 2.33. The third-order valence-corrected chi connectivity index (χ3v) is 2.36. The Morgan fingerprint density at radius 1 is 1.25 bits per heavy atom. The van der Waals surface area contributed by atoms with Crippen molar-refractivity contribution in [1.82, 2.24) is 0 Å². The zero-order valence-electron chi connectivity index (χ0n) is 11.3. The summed E-state index contributed by atoms with van der Waals surface area (Å²) in [6.45, 7) is 5.19. The van der Waals surface area contributed by atoms with Crippen molar-refractivity contribution in [1.29, 1.82) is 5.26 Å². The normalized spacial score (nSPS) is 11.4. The Morgan fingerprint density at radius 3 is 2.50 bits per heavy atom. The Labute approximate surface area is 115 Å². The first-order valence-electron chi connectivity index (χ1n) is 6.16. The Balaban J connectivity index is 2.59. The molecule has 0 N–H and O–H groups in total. The van der Waals surface area contributed by atoms with Gasteiger partial charge in [-0.2, -0.15) is 18.4 Å². The molecular weight excluding hydrogens is 271 g/mol. The van der Waals surface area contributed by atoms with E-state index in [4.69, 9.17) is 14.7 Å². The van der Waals surface area contributed by atoms with E-state index in [1.807, 2.05) is 13.8 Å². The van der Waals surface area contributed by atoms with Crippen molar-refractivity contribution in [3.05, 3.63) is 29.3 Å². The number of hydrogen-bond donors (Lipinski definition) is 0. The molecule has 0 unspecified atom stereocenters. The maximum Gasteiger partial charge on any atom is 0.417 e. The van der Waals surface area contributed by atoms with E-state index in [0.717, 1.165) is 12.1 Å². The summed E-state index contributed by atoms with van der Waals surface area (Å²) in [6.07, 6.45) is -4.54. The average Bonchev–Trinajstić information content (AvgIpc) is 2.36. The second-order valence-electron chi connectivity index (χ2n) is 4.63. The molecule has 0 heterocycles. The van der Waals surface area contributed by atoms with Crippen LogP contribution in [0.5, 0.6) is 5.75 Å². The van der Waals surface area contributed by atoms with Crippen LogP contribution in [0, 0.1) is 17.2 Å². The molecule has 0 fully saturated rings. The van der Waals surface area contributed by atoms with Crippen LogP contribution in [0.2, 0.25) is 0 Å². The van der Waals surface area contributed by atoms with E-state index in [-0.39, 0.29) is 12.4 Å². The summed E-state index contributed by atoms with van der Waals surface area (Å²) in [5.74, 6) is 0.633. The Kier molecular flexibility index (Phi) is 5.83. The highest BCUT2D eigenvalue weighted by Crippen LogP contribution is 2.33. The molecule has 0 amide bonds. The second kappa shape index (κ2) is 7.15. The van der Waals surface area contributed by atoms with Crippen LogP contribution in [-0.4, -0.2) is 19.8 Å². The van der Waals surface area contributed by atoms with Gasteiger partial charge in [-0.15, -0.1) is 0 Å². The zero-order chi connectivity index (χ0) is 15.2. The van der Waals surface area contributed by atoms with Gasteiger partial charge in [0.1, 0.15) is 12.4 Å². The summed E-state index contributed by atoms with van der Waals surface area (Å²) in [4.78, 5) is 0. The van der Waals surface area contributed by atoms with Crippen molar-refractivity contribution in [2.75, 3.05) is 19.8 Å². The van der Waals surface area contributed by atoms with E-state index >= 15 is 0 Å². The van der Waals surface area contributed by atoms with Gasteiger partial charge in [0.15, 0.2) is 0 Å². The molecule has 1 aromatic carbocycles. The van der Waals surface area contributed by atoms with E-state index in [9.17, 15) is 13.2 Å². The second-order valence-corrected chi connectivity index (χ2v) is 4.63. The molecule has 6 heteroatoms. The summed E-state index contributed by atoms with van der Waals surface area (Å²) in [5.41, 5.74) is -1.40. The van der Waals surface area contributed by atoms with Crippen LogP contribution in [-0.2, 0) is 10.9 Å². The van der Waals surface area contributed by atoms with E-state index in [0.29, 0.717) is 19.1 Å². The Bertz CT molecular complexity index is 478. The minimum Gasteiger partial charge on any atom is -0.491 e. The van der Waals surface area contributed by atoms with Crippen molar-refractivity contribution < 1.29 is 22.6 Å². The first-order valence-corrected chi connectivity index (χ1v) is 6.16. The smallest absolute Gasteiger partial charge is 0.417 e. The molecule has 3 nitrogen and oxygen atoms in total. The van der Waals surface area contributed by atoms with Gasteiger partial charge < -0.3 is 9.47 Å². The highest BCUT2D eigenvalue weighted by molar-refractivity contribution is 5.44. The fourth-order valence-corrected chi connectivity index (χ4v) is 1.49. The first-order chi connectivity index (χ1) is 9.34. The van der Waals surface area contributed by atoms with Crippen LogP contribution in [0.25, 0.3) is 0 Å². The van der Waals surface area contributed by atoms with E-state index in [1.165, 1.54) is 12.1 Å². The number of nitrogens with zero attached hydrogens (tertiary/aromatic N) is 1. The van der Waals surface area contributed by atoms with Crippen LogP contribution in [0.1, 0.15) is 25.0 Å².